The van der Waals surface area contributed by atoms with Crippen molar-refractivity contribution in [2.75, 3.05) is 4.90 Å². The summed E-state index contributed by atoms with van der Waals surface area (Å²) in [4.78, 5) is 2.57. The fourth-order valence-corrected chi connectivity index (χ4v) is 12.6. The first-order valence-electron chi connectivity index (χ1n) is 24.4. The molecule has 1 atom stereocenters. The molecule has 1 saturated carbocycles. The minimum Gasteiger partial charge on any atom is -0.310 e. The summed E-state index contributed by atoms with van der Waals surface area (Å²) in [6, 6.07) is 81.9. The van der Waals surface area contributed by atoms with Gasteiger partial charge in [0.2, 0.25) is 0 Å². The Morgan fingerprint density at radius 1 is 0.448 bits per heavy atom. The van der Waals surface area contributed by atoms with Gasteiger partial charge < -0.3 is 9.47 Å². The Labute approximate surface area is 394 Å². The van der Waals surface area contributed by atoms with Crippen molar-refractivity contribution in [3.63, 3.8) is 0 Å². The van der Waals surface area contributed by atoms with E-state index in [1.165, 1.54) is 115 Å². The van der Waals surface area contributed by atoms with Crippen LogP contribution >= 0.6 is 0 Å². The van der Waals surface area contributed by atoms with Crippen LogP contribution in [0.25, 0.3) is 55.8 Å². The van der Waals surface area contributed by atoms with E-state index in [1.54, 1.807) is 0 Å². The number of hydrogen-bond acceptors (Lipinski definition) is 1. The maximum absolute atomic E-state index is 2.57. The Morgan fingerprint density at radius 2 is 1.06 bits per heavy atom. The third kappa shape index (κ3) is 6.30. The Hall–Kier alpha value is -7.68. The van der Waals surface area contributed by atoms with Crippen LogP contribution in [0.15, 0.2) is 224 Å². The number of nitrogens with zero attached hydrogens (tertiary/aromatic N) is 2. The van der Waals surface area contributed by atoms with Gasteiger partial charge in [-0.3, -0.25) is 0 Å². The topological polar surface area (TPSA) is 8.17 Å². The molecule has 1 unspecified atom stereocenters. The molecule has 9 aromatic carbocycles. The Balaban J connectivity index is 1.09. The molecule has 2 nitrogen and oxygen atoms in total. The van der Waals surface area contributed by atoms with Crippen molar-refractivity contribution in [1.82, 2.24) is 4.57 Å². The van der Waals surface area contributed by atoms with Gasteiger partial charge >= 0.3 is 0 Å². The highest BCUT2D eigenvalue weighted by molar-refractivity contribution is 6.10. The van der Waals surface area contributed by atoms with Gasteiger partial charge in [-0.05, 0) is 130 Å². The molecule has 10 aromatic rings. The van der Waals surface area contributed by atoms with E-state index in [2.05, 4.69) is 240 Å². The average Bonchev–Trinajstić information content (AvgIpc) is 3.90. The largest absolute Gasteiger partial charge is 0.310 e. The van der Waals surface area contributed by atoms with Gasteiger partial charge in [0.15, 0.2) is 0 Å². The summed E-state index contributed by atoms with van der Waals surface area (Å²) in [6.45, 7) is 0. The van der Waals surface area contributed by atoms with E-state index in [0.717, 1.165) is 23.5 Å². The van der Waals surface area contributed by atoms with Crippen LogP contribution in [0.2, 0.25) is 0 Å². The molecule has 1 aromatic heterocycles. The number of aromatic nitrogens is 1. The lowest BCUT2D eigenvalue weighted by molar-refractivity contribution is 0.304. The predicted molar refractivity (Wildman–Crippen MR) is 281 cm³/mol. The quantitative estimate of drug-likeness (QED) is 0.148. The zero-order valence-electron chi connectivity index (χ0n) is 37.7. The molecular weight excluding hydrogens is 809 g/mol. The van der Waals surface area contributed by atoms with Crippen molar-refractivity contribution in [2.24, 2.45) is 5.92 Å². The molecule has 0 aliphatic heterocycles. The van der Waals surface area contributed by atoms with E-state index in [1.807, 2.05) is 0 Å². The molecule has 0 saturated heterocycles. The summed E-state index contributed by atoms with van der Waals surface area (Å²) >= 11 is 0. The number of allylic oxidation sites excluding steroid dienone is 1. The molecule has 0 radical (unpaired) electrons. The molecule has 3 aliphatic rings. The molecule has 3 aliphatic carbocycles. The Morgan fingerprint density at radius 3 is 1.85 bits per heavy atom. The molecule has 0 spiro atoms. The van der Waals surface area contributed by atoms with Gasteiger partial charge in [0, 0.05) is 33.4 Å². The maximum Gasteiger partial charge on any atom is 0.0714 e. The second kappa shape index (κ2) is 16.3. The van der Waals surface area contributed by atoms with E-state index in [9.17, 15) is 0 Å². The highest BCUT2D eigenvalue weighted by Gasteiger charge is 2.46. The average molecular weight is 861 g/mol. The number of fused-ring (bicyclic) bond motifs is 7. The van der Waals surface area contributed by atoms with E-state index in [4.69, 9.17) is 0 Å². The summed E-state index contributed by atoms with van der Waals surface area (Å²) < 4.78 is 2.45. The van der Waals surface area contributed by atoms with E-state index in [-0.39, 0.29) is 0 Å². The highest BCUT2D eigenvalue weighted by atomic mass is 15.1. The Kier molecular flexibility index (Phi) is 9.67. The third-order valence-corrected chi connectivity index (χ3v) is 15.5. The molecule has 0 N–H and O–H groups in total. The van der Waals surface area contributed by atoms with Crippen molar-refractivity contribution in [1.29, 1.82) is 0 Å². The highest BCUT2D eigenvalue weighted by Crippen LogP contribution is 2.58. The first-order valence-corrected chi connectivity index (χ1v) is 24.4. The lowest BCUT2D eigenvalue weighted by atomic mass is 9.67. The zero-order chi connectivity index (χ0) is 44.3. The fraction of sp³-hybridized carbons (Fsp3) is 0.138. The van der Waals surface area contributed by atoms with Gasteiger partial charge in [0.05, 0.1) is 22.1 Å². The van der Waals surface area contributed by atoms with Crippen LogP contribution in [-0.4, -0.2) is 4.57 Å². The summed E-state index contributed by atoms with van der Waals surface area (Å²) in [6.07, 6.45) is 12.6. The SMILES string of the molecule is C1=Cc2cccc(-c3ccccc3N(c3ccc4c(c3)C(c3ccccc3)(c3ccccc3)c3ccccc3-4)c3ccc4c5ccccc5n(-c5ccccc5)c4c3)c2C(C2CCCCC2)C1. The summed E-state index contributed by atoms with van der Waals surface area (Å²) in [5.41, 5.74) is 19.7. The van der Waals surface area contributed by atoms with Gasteiger partial charge in [-0.1, -0.05) is 201 Å². The van der Waals surface area contributed by atoms with E-state index < -0.39 is 5.41 Å². The fourth-order valence-electron chi connectivity index (χ4n) is 12.6. The number of benzene rings is 9. The van der Waals surface area contributed by atoms with E-state index in [0.29, 0.717) is 11.8 Å². The number of hydrogen-bond donors (Lipinski definition) is 0. The van der Waals surface area contributed by atoms with Crippen LogP contribution in [-0.2, 0) is 5.41 Å². The van der Waals surface area contributed by atoms with Crippen LogP contribution in [0, 0.1) is 5.92 Å². The second-order valence-corrected chi connectivity index (χ2v) is 19.0. The molecule has 2 heteroatoms. The normalized spacial score (nSPS) is 16.1. The lowest BCUT2D eigenvalue weighted by Gasteiger charge is -2.36. The minimum atomic E-state index is -0.530. The van der Waals surface area contributed by atoms with Crippen LogP contribution < -0.4 is 4.90 Å². The van der Waals surface area contributed by atoms with Crippen LogP contribution in [0.3, 0.4) is 0 Å². The lowest BCUT2D eigenvalue weighted by Crippen LogP contribution is -2.28. The molecule has 0 amide bonds. The maximum atomic E-state index is 2.57. The number of anilines is 3. The molecule has 13 rings (SSSR count). The third-order valence-electron chi connectivity index (χ3n) is 15.5. The second-order valence-electron chi connectivity index (χ2n) is 19.0. The van der Waals surface area contributed by atoms with Gasteiger partial charge in [0.1, 0.15) is 0 Å². The summed E-state index contributed by atoms with van der Waals surface area (Å²) in [5.74, 6) is 1.21. The number of para-hydroxylation sites is 3. The minimum absolute atomic E-state index is 0.506. The summed E-state index contributed by atoms with van der Waals surface area (Å²) in [5, 5.41) is 2.50. The zero-order valence-corrected chi connectivity index (χ0v) is 37.7. The van der Waals surface area contributed by atoms with Crippen molar-refractivity contribution in [3.8, 4) is 27.9 Å². The molecular formula is C65H52N2. The summed E-state index contributed by atoms with van der Waals surface area (Å²) in [7, 11) is 0. The first-order chi connectivity index (χ1) is 33.3. The van der Waals surface area contributed by atoms with E-state index >= 15 is 0 Å². The Bertz CT molecular complexity index is 3440. The van der Waals surface area contributed by atoms with Gasteiger partial charge in [0.25, 0.3) is 0 Å². The van der Waals surface area contributed by atoms with Crippen molar-refractivity contribution in [3.05, 3.63) is 258 Å². The molecule has 0 bridgehead atoms. The van der Waals surface area contributed by atoms with Gasteiger partial charge in [-0.15, -0.1) is 0 Å². The smallest absolute Gasteiger partial charge is 0.0714 e. The molecule has 67 heavy (non-hydrogen) atoms. The van der Waals surface area contributed by atoms with Gasteiger partial charge in [-0.2, -0.15) is 0 Å². The van der Waals surface area contributed by atoms with Crippen LogP contribution in [0.4, 0.5) is 17.1 Å². The predicted octanol–water partition coefficient (Wildman–Crippen LogP) is 17.4. The van der Waals surface area contributed by atoms with Crippen molar-refractivity contribution in [2.45, 2.75) is 49.9 Å². The van der Waals surface area contributed by atoms with Crippen molar-refractivity contribution < 1.29 is 0 Å². The van der Waals surface area contributed by atoms with Crippen LogP contribution in [0.1, 0.15) is 77.8 Å². The van der Waals surface area contributed by atoms with Crippen LogP contribution in [0.5, 0.6) is 0 Å². The number of rotatable bonds is 8. The van der Waals surface area contributed by atoms with Gasteiger partial charge in [-0.25, -0.2) is 0 Å². The molecule has 1 heterocycles. The monoisotopic (exact) mass is 860 g/mol. The first kappa shape index (κ1) is 39.7. The molecule has 322 valence electrons. The standard InChI is InChI=1S/C65H52N2/c1-5-21-45(22-6-1)52-34-19-23-46-24-20-35-58(64(46)52)56-33-15-17-37-61(56)66(51-40-42-57-55-32-14-18-38-62(55)67(63(57)44-51)49-29-11-4-12-30-49)50-39-41-54-53-31-13-16-36-59(53)65(60(54)43-50,47-25-7-2-8-26-47)48-27-9-3-10-28-48/h2-4,7-20,23-33,35-45,52H,1,5-6,21-22,34H2. The van der Waals surface area contributed by atoms with Crippen molar-refractivity contribution >= 4 is 44.9 Å². The molecule has 1 fully saturated rings.